The molecular formula is C9H10N2O3. The summed E-state index contributed by atoms with van der Waals surface area (Å²) in [5, 5.41) is 0. The highest BCUT2D eigenvalue weighted by atomic mass is 16.5. The highest BCUT2D eigenvalue weighted by Gasteiger charge is 2.06. The van der Waals surface area contributed by atoms with Gasteiger partial charge in [-0.1, -0.05) is 0 Å². The Kier molecular flexibility index (Phi) is 3.60. The quantitative estimate of drug-likeness (QED) is 0.690. The fourth-order valence-electron chi connectivity index (χ4n) is 0.811. The normalized spacial score (nSPS) is 9.43. The molecular weight excluding hydrogens is 184 g/mol. The van der Waals surface area contributed by atoms with Gasteiger partial charge in [0.15, 0.2) is 0 Å². The van der Waals surface area contributed by atoms with Gasteiger partial charge in [0.2, 0.25) is 5.91 Å². The largest absolute Gasteiger partial charge is 0.462 e. The number of hydrogen-bond donors (Lipinski definition) is 1. The average molecular weight is 194 g/mol. The number of carbonyl (C=O) groups excluding carboxylic acids is 2. The topological polar surface area (TPSA) is 82.3 Å². The number of carbonyl (C=O) groups is 2. The number of primary amides is 1. The minimum Gasteiger partial charge on any atom is -0.462 e. The van der Waals surface area contributed by atoms with E-state index in [1.807, 2.05) is 0 Å². The van der Waals surface area contributed by atoms with Crippen molar-refractivity contribution in [3.05, 3.63) is 30.1 Å². The standard InChI is InChI=1S/C9H10N2O3/c10-8(12)3-5-14-9(13)7-2-1-4-11-6-7/h1-2,4,6H,3,5H2,(H2,10,12). The molecule has 0 saturated heterocycles. The third-order valence-corrected chi connectivity index (χ3v) is 1.48. The van der Waals surface area contributed by atoms with Crippen LogP contribution < -0.4 is 5.73 Å². The van der Waals surface area contributed by atoms with E-state index >= 15 is 0 Å². The molecule has 5 heteroatoms. The maximum atomic E-state index is 11.2. The molecule has 1 aromatic heterocycles. The van der Waals surface area contributed by atoms with Gasteiger partial charge in [-0.05, 0) is 12.1 Å². The number of pyridine rings is 1. The van der Waals surface area contributed by atoms with Gasteiger partial charge in [-0.15, -0.1) is 0 Å². The van der Waals surface area contributed by atoms with Gasteiger partial charge in [0.25, 0.3) is 0 Å². The van der Waals surface area contributed by atoms with Crippen molar-refractivity contribution in [3.63, 3.8) is 0 Å². The van der Waals surface area contributed by atoms with Crippen LogP contribution in [0.5, 0.6) is 0 Å². The predicted molar refractivity (Wildman–Crippen MR) is 48.3 cm³/mol. The number of nitrogens with two attached hydrogens (primary N) is 1. The first-order valence-electron chi connectivity index (χ1n) is 4.05. The smallest absolute Gasteiger partial charge is 0.339 e. The van der Waals surface area contributed by atoms with Crippen LogP contribution >= 0.6 is 0 Å². The number of amides is 1. The molecule has 0 unspecified atom stereocenters. The van der Waals surface area contributed by atoms with Crippen molar-refractivity contribution in [2.45, 2.75) is 6.42 Å². The molecule has 0 atom stereocenters. The zero-order chi connectivity index (χ0) is 10.4. The summed E-state index contributed by atoms with van der Waals surface area (Å²) in [5.41, 5.74) is 5.23. The second kappa shape index (κ2) is 4.96. The predicted octanol–water partition coefficient (Wildman–Crippen LogP) is 0.114. The van der Waals surface area contributed by atoms with Crippen molar-refractivity contribution >= 4 is 11.9 Å². The lowest BCUT2D eigenvalue weighted by Crippen LogP contribution is -2.15. The summed E-state index contributed by atoms with van der Waals surface area (Å²) in [6.45, 7) is 0.00304. The summed E-state index contributed by atoms with van der Waals surface area (Å²) < 4.78 is 4.76. The maximum Gasteiger partial charge on any atom is 0.339 e. The van der Waals surface area contributed by atoms with E-state index < -0.39 is 11.9 Å². The molecule has 0 aromatic carbocycles. The zero-order valence-electron chi connectivity index (χ0n) is 7.47. The third-order valence-electron chi connectivity index (χ3n) is 1.48. The maximum absolute atomic E-state index is 11.2. The Morgan fingerprint density at radius 1 is 1.50 bits per heavy atom. The summed E-state index contributed by atoms with van der Waals surface area (Å²) in [4.78, 5) is 25.3. The molecule has 0 bridgehead atoms. The van der Waals surface area contributed by atoms with E-state index in [2.05, 4.69) is 4.98 Å². The average Bonchev–Trinajstić information content (AvgIpc) is 2.18. The monoisotopic (exact) mass is 194 g/mol. The fraction of sp³-hybridized carbons (Fsp3) is 0.222. The van der Waals surface area contributed by atoms with Crippen LogP contribution in [0, 0.1) is 0 Å². The van der Waals surface area contributed by atoms with Crippen molar-refractivity contribution in [3.8, 4) is 0 Å². The van der Waals surface area contributed by atoms with Gasteiger partial charge in [0, 0.05) is 12.4 Å². The van der Waals surface area contributed by atoms with E-state index in [0.717, 1.165) is 0 Å². The second-order valence-corrected chi connectivity index (χ2v) is 2.59. The number of nitrogens with zero attached hydrogens (tertiary/aromatic N) is 1. The molecule has 1 amide bonds. The van der Waals surface area contributed by atoms with Gasteiger partial charge in [0.1, 0.15) is 6.61 Å². The first-order valence-corrected chi connectivity index (χ1v) is 4.05. The summed E-state index contributed by atoms with van der Waals surface area (Å²) in [7, 11) is 0. The van der Waals surface area contributed by atoms with E-state index in [1.165, 1.54) is 6.20 Å². The van der Waals surface area contributed by atoms with E-state index in [1.54, 1.807) is 18.3 Å². The number of rotatable bonds is 4. The molecule has 0 radical (unpaired) electrons. The van der Waals surface area contributed by atoms with E-state index in [0.29, 0.717) is 5.56 Å². The molecule has 0 spiro atoms. The lowest BCUT2D eigenvalue weighted by molar-refractivity contribution is -0.118. The molecule has 2 N–H and O–H groups in total. The first-order chi connectivity index (χ1) is 6.70. The molecule has 0 aliphatic heterocycles. The van der Waals surface area contributed by atoms with Crippen LogP contribution in [0.4, 0.5) is 0 Å². The van der Waals surface area contributed by atoms with Gasteiger partial charge in [-0.2, -0.15) is 0 Å². The number of hydrogen-bond acceptors (Lipinski definition) is 4. The molecule has 1 aromatic rings. The lowest BCUT2D eigenvalue weighted by Gasteiger charge is -2.01. The fourth-order valence-corrected chi connectivity index (χ4v) is 0.811. The van der Waals surface area contributed by atoms with Gasteiger partial charge in [-0.25, -0.2) is 4.79 Å². The van der Waals surface area contributed by atoms with Crippen LogP contribution in [0.1, 0.15) is 16.8 Å². The van der Waals surface area contributed by atoms with Gasteiger partial charge >= 0.3 is 5.97 Å². The molecule has 0 aliphatic carbocycles. The van der Waals surface area contributed by atoms with Gasteiger partial charge < -0.3 is 10.5 Å². The van der Waals surface area contributed by atoms with Crippen molar-refractivity contribution in [2.75, 3.05) is 6.61 Å². The third kappa shape index (κ3) is 3.22. The van der Waals surface area contributed by atoms with E-state index in [4.69, 9.17) is 10.5 Å². The van der Waals surface area contributed by atoms with Gasteiger partial charge in [-0.3, -0.25) is 9.78 Å². The molecule has 74 valence electrons. The van der Waals surface area contributed by atoms with Crippen molar-refractivity contribution in [1.29, 1.82) is 0 Å². The molecule has 0 fully saturated rings. The van der Waals surface area contributed by atoms with Crippen molar-refractivity contribution in [1.82, 2.24) is 4.98 Å². The molecule has 1 heterocycles. The Bertz CT molecular complexity index is 324. The highest BCUT2D eigenvalue weighted by Crippen LogP contribution is 1.98. The summed E-state index contributed by atoms with van der Waals surface area (Å²) in [5.74, 6) is -0.997. The van der Waals surface area contributed by atoms with Crippen molar-refractivity contribution in [2.24, 2.45) is 5.73 Å². The Balaban J connectivity index is 2.40. The number of esters is 1. The van der Waals surface area contributed by atoms with Crippen LogP contribution in [0.25, 0.3) is 0 Å². The number of aromatic nitrogens is 1. The Morgan fingerprint density at radius 2 is 2.29 bits per heavy atom. The summed E-state index contributed by atoms with van der Waals surface area (Å²) in [6, 6.07) is 3.21. The van der Waals surface area contributed by atoms with Crippen LogP contribution in [-0.4, -0.2) is 23.5 Å². The minimum atomic E-state index is -0.501. The molecule has 0 saturated carbocycles. The summed E-state index contributed by atoms with van der Waals surface area (Å²) in [6.07, 6.45) is 2.98. The van der Waals surface area contributed by atoms with Crippen LogP contribution in [-0.2, 0) is 9.53 Å². The molecule has 0 aliphatic rings. The highest BCUT2D eigenvalue weighted by molar-refractivity contribution is 5.89. The Morgan fingerprint density at radius 3 is 2.86 bits per heavy atom. The molecule has 5 nitrogen and oxygen atoms in total. The second-order valence-electron chi connectivity index (χ2n) is 2.59. The molecule has 1 rings (SSSR count). The van der Waals surface area contributed by atoms with E-state index in [-0.39, 0.29) is 13.0 Å². The van der Waals surface area contributed by atoms with Crippen LogP contribution in [0.2, 0.25) is 0 Å². The van der Waals surface area contributed by atoms with E-state index in [9.17, 15) is 9.59 Å². The SMILES string of the molecule is NC(=O)CCOC(=O)c1cccnc1. The van der Waals surface area contributed by atoms with Crippen molar-refractivity contribution < 1.29 is 14.3 Å². The minimum absolute atomic E-state index is 0.00304. The molecule has 14 heavy (non-hydrogen) atoms. The number of ether oxygens (including phenoxy) is 1. The zero-order valence-corrected chi connectivity index (χ0v) is 7.47. The first kappa shape index (κ1) is 10.2. The Labute approximate surface area is 80.9 Å². The summed E-state index contributed by atoms with van der Waals surface area (Å²) >= 11 is 0. The van der Waals surface area contributed by atoms with Crippen LogP contribution in [0.3, 0.4) is 0 Å². The lowest BCUT2D eigenvalue weighted by atomic mass is 10.3. The van der Waals surface area contributed by atoms with Gasteiger partial charge in [0.05, 0.1) is 12.0 Å². The Hall–Kier alpha value is -1.91. The van der Waals surface area contributed by atoms with Crippen LogP contribution in [0.15, 0.2) is 24.5 Å².